The van der Waals surface area contributed by atoms with Crippen molar-refractivity contribution in [3.63, 3.8) is 0 Å². The van der Waals surface area contributed by atoms with Crippen LogP contribution in [-0.2, 0) is 0 Å². The van der Waals surface area contributed by atoms with Gasteiger partial charge < -0.3 is 15.3 Å². The Bertz CT molecular complexity index is 135. The average Bonchev–Trinajstić information content (AvgIpc) is 1.94. The maximum absolute atomic E-state index is 9.55. The standard InChI is InChI=1S/C11H24O3/c1-10(2,13)7-5-9(12)6-8-11(3,4)14/h9,12-14H,5-8H2,1-4H3. The van der Waals surface area contributed by atoms with Gasteiger partial charge in [0.05, 0.1) is 17.3 Å². The van der Waals surface area contributed by atoms with Gasteiger partial charge in [0.25, 0.3) is 0 Å². The molecule has 0 saturated carbocycles. The first-order valence-corrected chi connectivity index (χ1v) is 5.23. The van der Waals surface area contributed by atoms with Crippen LogP contribution in [0.1, 0.15) is 53.4 Å². The van der Waals surface area contributed by atoms with Gasteiger partial charge in [0.2, 0.25) is 0 Å². The largest absolute Gasteiger partial charge is 0.393 e. The lowest BCUT2D eigenvalue weighted by Crippen LogP contribution is -2.24. The highest BCUT2D eigenvalue weighted by atomic mass is 16.3. The molecule has 14 heavy (non-hydrogen) atoms. The van der Waals surface area contributed by atoms with Crippen LogP contribution in [0.4, 0.5) is 0 Å². The molecule has 0 aromatic rings. The molecule has 0 amide bonds. The predicted molar refractivity (Wildman–Crippen MR) is 57.1 cm³/mol. The zero-order valence-corrected chi connectivity index (χ0v) is 9.75. The number of aliphatic hydroxyl groups excluding tert-OH is 1. The zero-order chi connectivity index (χ0) is 11.4. The van der Waals surface area contributed by atoms with Gasteiger partial charge in [-0.05, 0) is 53.4 Å². The number of hydrogen-bond acceptors (Lipinski definition) is 3. The molecule has 0 aromatic heterocycles. The summed E-state index contributed by atoms with van der Waals surface area (Å²) in [5, 5.41) is 28.4. The Morgan fingerprint density at radius 2 is 1.14 bits per heavy atom. The van der Waals surface area contributed by atoms with Crippen molar-refractivity contribution in [2.75, 3.05) is 0 Å². The zero-order valence-electron chi connectivity index (χ0n) is 9.75. The van der Waals surface area contributed by atoms with E-state index in [9.17, 15) is 15.3 Å². The maximum atomic E-state index is 9.55. The third-order valence-corrected chi connectivity index (χ3v) is 2.18. The Morgan fingerprint density at radius 1 is 0.857 bits per heavy atom. The first-order chi connectivity index (χ1) is 6.10. The summed E-state index contributed by atoms with van der Waals surface area (Å²) in [6.45, 7) is 6.93. The topological polar surface area (TPSA) is 60.7 Å². The van der Waals surface area contributed by atoms with Gasteiger partial charge in [0, 0.05) is 0 Å². The molecule has 3 heteroatoms. The van der Waals surface area contributed by atoms with Crippen molar-refractivity contribution < 1.29 is 15.3 Å². The second-order valence-corrected chi connectivity index (χ2v) is 5.36. The van der Waals surface area contributed by atoms with Crippen LogP contribution in [-0.4, -0.2) is 32.6 Å². The van der Waals surface area contributed by atoms with Crippen LogP contribution in [0.25, 0.3) is 0 Å². The third-order valence-electron chi connectivity index (χ3n) is 2.18. The number of aliphatic hydroxyl groups is 3. The first-order valence-electron chi connectivity index (χ1n) is 5.23. The molecule has 0 unspecified atom stereocenters. The summed E-state index contributed by atoms with van der Waals surface area (Å²) in [6.07, 6.45) is 1.91. The molecule has 0 aliphatic heterocycles. The second kappa shape index (κ2) is 5.10. The SMILES string of the molecule is CC(C)(O)CCC(O)CCC(C)(C)O. The van der Waals surface area contributed by atoms with Crippen LogP contribution in [0.15, 0.2) is 0 Å². The Kier molecular flexibility index (Phi) is 5.06. The van der Waals surface area contributed by atoms with Crippen LogP contribution in [0, 0.1) is 0 Å². The van der Waals surface area contributed by atoms with Crippen molar-refractivity contribution in [3.8, 4) is 0 Å². The molecule has 3 nitrogen and oxygen atoms in total. The smallest absolute Gasteiger partial charge is 0.0592 e. The minimum atomic E-state index is -0.713. The molecule has 0 spiro atoms. The highest BCUT2D eigenvalue weighted by molar-refractivity contribution is 4.71. The van der Waals surface area contributed by atoms with Crippen molar-refractivity contribution in [1.29, 1.82) is 0 Å². The summed E-state index contributed by atoms with van der Waals surface area (Å²) in [7, 11) is 0. The van der Waals surface area contributed by atoms with E-state index >= 15 is 0 Å². The lowest BCUT2D eigenvalue weighted by molar-refractivity contribution is 0.0286. The van der Waals surface area contributed by atoms with E-state index in [1.807, 2.05) is 0 Å². The van der Waals surface area contributed by atoms with Crippen LogP contribution in [0.2, 0.25) is 0 Å². The van der Waals surface area contributed by atoms with E-state index in [-0.39, 0.29) is 0 Å². The fourth-order valence-electron chi connectivity index (χ4n) is 1.18. The van der Waals surface area contributed by atoms with Crippen LogP contribution in [0.3, 0.4) is 0 Å². The summed E-state index contributed by atoms with van der Waals surface area (Å²) in [4.78, 5) is 0. The van der Waals surface area contributed by atoms with E-state index in [2.05, 4.69) is 0 Å². The highest BCUT2D eigenvalue weighted by Gasteiger charge is 2.18. The summed E-state index contributed by atoms with van der Waals surface area (Å²) in [5.41, 5.74) is -1.43. The molecule has 0 saturated heterocycles. The highest BCUT2D eigenvalue weighted by Crippen LogP contribution is 2.18. The van der Waals surface area contributed by atoms with Crippen LogP contribution in [0.5, 0.6) is 0 Å². The molecule has 86 valence electrons. The fraction of sp³-hybridized carbons (Fsp3) is 1.00. The van der Waals surface area contributed by atoms with Crippen molar-refractivity contribution >= 4 is 0 Å². The second-order valence-electron chi connectivity index (χ2n) is 5.36. The van der Waals surface area contributed by atoms with Gasteiger partial charge in [0.15, 0.2) is 0 Å². The molecular weight excluding hydrogens is 180 g/mol. The summed E-state index contributed by atoms with van der Waals surface area (Å²) in [6, 6.07) is 0. The van der Waals surface area contributed by atoms with Gasteiger partial charge in [-0.2, -0.15) is 0 Å². The molecule has 0 atom stereocenters. The monoisotopic (exact) mass is 204 g/mol. The molecule has 0 aliphatic rings. The Balaban J connectivity index is 3.62. The van der Waals surface area contributed by atoms with Gasteiger partial charge in [0.1, 0.15) is 0 Å². The Labute approximate surface area is 86.8 Å². The van der Waals surface area contributed by atoms with Crippen molar-refractivity contribution in [1.82, 2.24) is 0 Å². The van der Waals surface area contributed by atoms with Crippen molar-refractivity contribution in [3.05, 3.63) is 0 Å². The van der Waals surface area contributed by atoms with Gasteiger partial charge in [-0.1, -0.05) is 0 Å². The fourth-order valence-corrected chi connectivity index (χ4v) is 1.18. The lowest BCUT2D eigenvalue weighted by atomic mass is 9.95. The minimum Gasteiger partial charge on any atom is -0.393 e. The summed E-state index contributed by atoms with van der Waals surface area (Å²) >= 11 is 0. The normalized spacial score (nSPS) is 13.7. The number of rotatable bonds is 6. The van der Waals surface area contributed by atoms with Gasteiger partial charge in [-0.25, -0.2) is 0 Å². The Morgan fingerprint density at radius 3 is 1.36 bits per heavy atom. The van der Waals surface area contributed by atoms with E-state index in [0.717, 1.165) is 0 Å². The molecule has 0 radical (unpaired) electrons. The van der Waals surface area contributed by atoms with E-state index < -0.39 is 17.3 Å². The van der Waals surface area contributed by atoms with E-state index in [1.165, 1.54) is 0 Å². The quantitative estimate of drug-likeness (QED) is 0.613. The predicted octanol–water partition coefficient (Wildman–Crippen LogP) is 1.45. The van der Waals surface area contributed by atoms with E-state index in [0.29, 0.717) is 25.7 Å². The number of hydrogen-bond donors (Lipinski definition) is 3. The molecule has 0 heterocycles. The van der Waals surface area contributed by atoms with Crippen molar-refractivity contribution in [2.45, 2.75) is 70.7 Å². The average molecular weight is 204 g/mol. The van der Waals surface area contributed by atoms with Crippen molar-refractivity contribution in [2.24, 2.45) is 0 Å². The molecule has 0 aromatic carbocycles. The van der Waals surface area contributed by atoms with Gasteiger partial charge in [-0.3, -0.25) is 0 Å². The Hall–Kier alpha value is -0.120. The van der Waals surface area contributed by atoms with E-state index in [1.54, 1.807) is 27.7 Å². The molecule has 0 fully saturated rings. The van der Waals surface area contributed by atoms with E-state index in [4.69, 9.17) is 0 Å². The maximum Gasteiger partial charge on any atom is 0.0592 e. The molecule has 3 N–H and O–H groups in total. The van der Waals surface area contributed by atoms with Gasteiger partial charge in [-0.15, -0.1) is 0 Å². The first kappa shape index (κ1) is 13.9. The lowest BCUT2D eigenvalue weighted by Gasteiger charge is -2.22. The molecule has 0 rings (SSSR count). The molecule has 0 bridgehead atoms. The molecular formula is C11H24O3. The summed E-state index contributed by atoms with van der Waals surface area (Å²) in [5.74, 6) is 0. The summed E-state index contributed by atoms with van der Waals surface area (Å²) < 4.78 is 0. The van der Waals surface area contributed by atoms with Gasteiger partial charge >= 0.3 is 0 Å². The van der Waals surface area contributed by atoms with Crippen LogP contribution < -0.4 is 0 Å². The minimum absolute atomic E-state index is 0.423. The van der Waals surface area contributed by atoms with Crippen LogP contribution >= 0.6 is 0 Å². The third kappa shape index (κ3) is 9.96. The molecule has 0 aliphatic carbocycles.